The minimum atomic E-state index is -3.13. The predicted molar refractivity (Wildman–Crippen MR) is 75.3 cm³/mol. The van der Waals surface area contributed by atoms with E-state index in [9.17, 15) is 8.42 Å². The molecule has 0 aliphatic heterocycles. The first-order chi connectivity index (χ1) is 8.48. The molecule has 5 heteroatoms. The van der Waals surface area contributed by atoms with Gasteiger partial charge in [0, 0.05) is 16.3 Å². The molecule has 0 saturated heterocycles. The molecule has 1 aliphatic rings. The predicted octanol–water partition coefficient (Wildman–Crippen LogP) is 3.03. The standard InChI is InChI=1S/C13H18ClNO2S/c14-12-6-3-7-13(15)11(12)9-18(16,17)8-10-4-1-2-5-10/h3,6-7,10H,1-2,4-5,8-9,15H2. The summed E-state index contributed by atoms with van der Waals surface area (Å²) in [6, 6.07) is 5.09. The van der Waals surface area contributed by atoms with Crippen LogP contribution in [0.2, 0.25) is 5.02 Å². The van der Waals surface area contributed by atoms with Gasteiger partial charge in [-0.2, -0.15) is 0 Å². The Morgan fingerprint density at radius 3 is 2.56 bits per heavy atom. The first-order valence-electron chi connectivity index (χ1n) is 6.21. The summed E-state index contributed by atoms with van der Waals surface area (Å²) in [7, 11) is -3.13. The summed E-state index contributed by atoms with van der Waals surface area (Å²) in [6.45, 7) is 0. The van der Waals surface area contributed by atoms with E-state index in [0.717, 1.165) is 25.7 Å². The van der Waals surface area contributed by atoms with Crippen LogP contribution in [0.4, 0.5) is 5.69 Å². The Bertz CT molecular complexity index is 502. The van der Waals surface area contributed by atoms with Gasteiger partial charge in [-0.25, -0.2) is 8.42 Å². The lowest BCUT2D eigenvalue weighted by molar-refractivity contribution is 0.558. The Morgan fingerprint density at radius 1 is 1.28 bits per heavy atom. The van der Waals surface area contributed by atoms with Gasteiger partial charge >= 0.3 is 0 Å². The topological polar surface area (TPSA) is 60.2 Å². The highest BCUT2D eigenvalue weighted by Crippen LogP contribution is 2.29. The third-order valence-corrected chi connectivity index (χ3v) is 5.55. The van der Waals surface area contributed by atoms with Crippen LogP contribution in [0.5, 0.6) is 0 Å². The van der Waals surface area contributed by atoms with Crippen LogP contribution in [0.25, 0.3) is 0 Å². The van der Waals surface area contributed by atoms with E-state index in [1.54, 1.807) is 18.2 Å². The summed E-state index contributed by atoms with van der Waals surface area (Å²) in [6.07, 6.45) is 4.34. The van der Waals surface area contributed by atoms with E-state index in [1.165, 1.54) is 0 Å². The number of sulfone groups is 1. The number of halogens is 1. The molecule has 3 nitrogen and oxygen atoms in total. The minimum Gasteiger partial charge on any atom is -0.398 e. The fourth-order valence-electron chi connectivity index (χ4n) is 2.54. The smallest absolute Gasteiger partial charge is 0.154 e. The van der Waals surface area contributed by atoms with Gasteiger partial charge in [-0.15, -0.1) is 0 Å². The van der Waals surface area contributed by atoms with E-state index < -0.39 is 9.84 Å². The molecule has 100 valence electrons. The van der Waals surface area contributed by atoms with Gasteiger partial charge in [0.05, 0.1) is 11.5 Å². The van der Waals surface area contributed by atoms with Gasteiger partial charge in [-0.1, -0.05) is 30.5 Å². The highest BCUT2D eigenvalue weighted by molar-refractivity contribution is 7.90. The third-order valence-electron chi connectivity index (χ3n) is 3.48. The molecule has 0 bridgehead atoms. The molecule has 1 aromatic carbocycles. The number of nitrogen functional groups attached to an aromatic ring is 1. The highest BCUT2D eigenvalue weighted by atomic mass is 35.5. The molecule has 0 radical (unpaired) electrons. The molecule has 1 aromatic rings. The van der Waals surface area contributed by atoms with E-state index >= 15 is 0 Å². The lowest BCUT2D eigenvalue weighted by Gasteiger charge is -2.12. The van der Waals surface area contributed by atoms with Crippen molar-refractivity contribution >= 4 is 27.1 Å². The van der Waals surface area contributed by atoms with Crippen molar-refractivity contribution in [3.8, 4) is 0 Å². The summed E-state index contributed by atoms with van der Waals surface area (Å²) in [5, 5.41) is 0.435. The average Bonchev–Trinajstić information content (AvgIpc) is 2.75. The average molecular weight is 288 g/mol. The number of rotatable bonds is 4. The van der Waals surface area contributed by atoms with Gasteiger partial charge in [0.2, 0.25) is 0 Å². The normalized spacial score (nSPS) is 17.2. The van der Waals surface area contributed by atoms with Crippen molar-refractivity contribution < 1.29 is 8.42 Å². The molecule has 2 N–H and O–H groups in total. The van der Waals surface area contributed by atoms with Crippen molar-refractivity contribution in [1.82, 2.24) is 0 Å². The quantitative estimate of drug-likeness (QED) is 0.866. The lowest BCUT2D eigenvalue weighted by atomic mass is 10.1. The molecule has 0 atom stereocenters. The lowest BCUT2D eigenvalue weighted by Crippen LogP contribution is -2.16. The van der Waals surface area contributed by atoms with Crippen LogP contribution < -0.4 is 5.73 Å². The zero-order chi connectivity index (χ0) is 13.2. The summed E-state index contributed by atoms with van der Waals surface area (Å²) < 4.78 is 24.3. The Kier molecular flexibility index (Phi) is 4.17. The van der Waals surface area contributed by atoms with Gasteiger partial charge in [-0.05, 0) is 30.9 Å². The number of benzene rings is 1. The van der Waals surface area contributed by atoms with Crippen LogP contribution in [0.15, 0.2) is 18.2 Å². The summed E-state index contributed by atoms with van der Waals surface area (Å²) in [4.78, 5) is 0. The van der Waals surface area contributed by atoms with Gasteiger partial charge in [0.25, 0.3) is 0 Å². The zero-order valence-corrected chi connectivity index (χ0v) is 11.8. The fourth-order valence-corrected chi connectivity index (χ4v) is 4.80. The van der Waals surface area contributed by atoms with Crippen LogP contribution in [-0.4, -0.2) is 14.2 Å². The van der Waals surface area contributed by atoms with Crippen molar-refractivity contribution in [2.75, 3.05) is 11.5 Å². The molecule has 0 amide bonds. The SMILES string of the molecule is Nc1cccc(Cl)c1CS(=O)(=O)CC1CCCC1. The van der Waals surface area contributed by atoms with Crippen molar-refractivity contribution in [1.29, 1.82) is 0 Å². The molecular weight excluding hydrogens is 270 g/mol. The Balaban J connectivity index is 2.12. The van der Waals surface area contributed by atoms with E-state index in [2.05, 4.69) is 0 Å². The summed E-state index contributed by atoms with van der Waals surface area (Å²) in [5.74, 6) is 0.533. The van der Waals surface area contributed by atoms with Gasteiger partial charge in [-0.3, -0.25) is 0 Å². The maximum absolute atomic E-state index is 12.1. The maximum atomic E-state index is 12.1. The molecule has 2 rings (SSSR count). The van der Waals surface area contributed by atoms with Crippen molar-refractivity contribution in [2.24, 2.45) is 5.92 Å². The van der Waals surface area contributed by atoms with Crippen LogP contribution in [0.1, 0.15) is 31.2 Å². The monoisotopic (exact) mass is 287 g/mol. The molecular formula is C13H18ClNO2S. The molecule has 1 fully saturated rings. The first-order valence-corrected chi connectivity index (χ1v) is 8.41. The Morgan fingerprint density at radius 2 is 1.94 bits per heavy atom. The molecule has 0 heterocycles. The maximum Gasteiger partial charge on any atom is 0.154 e. The highest BCUT2D eigenvalue weighted by Gasteiger charge is 2.24. The second-order valence-electron chi connectivity index (χ2n) is 5.01. The number of hydrogen-bond donors (Lipinski definition) is 1. The number of nitrogens with two attached hydrogens (primary N) is 1. The van der Waals surface area contributed by atoms with Crippen molar-refractivity contribution in [3.63, 3.8) is 0 Å². The second-order valence-corrected chi connectivity index (χ2v) is 7.53. The van der Waals surface area contributed by atoms with Crippen molar-refractivity contribution in [3.05, 3.63) is 28.8 Å². The van der Waals surface area contributed by atoms with Crippen LogP contribution >= 0.6 is 11.6 Å². The van der Waals surface area contributed by atoms with Gasteiger partial charge < -0.3 is 5.73 Å². The summed E-state index contributed by atoms with van der Waals surface area (Å²) in [5.41, 5.74) is 6.78. The van der Waals surface area contributed by atoms with Gasteiger partial charge in [0.1, 0.15) is 0 Å². The number of hydrogen-bond acceptors (Lipinski definition) is 3. The van der Waals surface area contributed by atoms with E-state index in [4.69, 9.17) is 17.3 Å². The Labute approximate surface area is 113 Å². The molecule has 0 aromatic heterocycles. The second kappa shape index (κ2) is 5.49. The largest absolute Gasteiger partial charge is 0.398 e. The van der Waals surface area contributed by atoms with Crippen LogP contribution in [-0.2, 0) is 15.6 Å². The van der Waals surface area contributed by atoms with E-state index in [-0.39, 0.29) is 11.5 Å². The molecule has 1 saturated carbocycles. The molecule has 0 unspecified atom stereocenters. The van der Waals surface area contributed by atoms with Crippen LogP contribution in [0, 0.1) is 5.92 Å². The van der Waals surface area contributed by atoms with E-state index in [0.29, 0.717) is 22.2 Å². The van der Waals surface area contributed by atoms with Crippen molar-refractivity contribution in [2.45, 2.75) is 31.4 Å². The minimum absolute atomic E-state index is 0.0466. The van der Waals surface area contributed by atoms with Crippen LogP contribution in [0.3, 0.4) is 0 Å². The fraction of sp³-hybridized carbons (Fsp3) is 0.538. The Hall–Kier alpha value is -0.740. The van der Waals surface area contributed by atoms with Gasteiger partial charge in [0.15, 0.2) is 9.84 Å². The molecule has 18 heavy (non-hydrogen) atoms. The summed E-state index contributed by atoms with van der Waals surface area (Å²) >= 11 is 6.01. The molecule has 1 aliphatic carbocycles. The molecule has 0 spiro atoms. The zero-order valence-electron chi connectivity index (χ0n) is 10.2. The third kappa shape index (κ3) is 3.39. The van der Waals surface area contributed by atoms with E-state index in [1.807, 2.05) is 0 Å². The first kappa shape index (κ1) is 13.7. The number of anilines is 1.